The fourth-order valence-corrected chi connectivity index (χ4v) is 3.08. The van der Waals surface area contributed by atoms with E-state index in [2.05, 4.69) is 32.8 Å². The smallest absolute Gasteiger partial charge is 0.242 e. The number of anilines is 1. The third-order valence-electron chi connectivity index (χ3n) is 4.39. The summed E-state index contributed by atoms with van der Waals surface area (Å²) in [4.78, 5) is 16.6. The van der Waals surface area contributed by atoms with Crippen LogP contribution in [0, 0.1) is 0 Å². The summed E-state index contributed by atoms with van der Waals surface area (Å²) in [5.74, 6) is 0.576. The number of amides is 1. The maximum absolute atomic E-state index is 12.2. The summed E-state index contributed by atoms with van der Waals surface area (Å²) in [7, 11) is 1.90. The van der Waals surface area contributed by atoms with E-state index in [1.807, 2.05) is 31.6 Å². The zero-order chi connectivity index (χ0) is 16.5. The molecule has 1 aliphatic rings. The average Bonchev–Trinajstić information content (AvgIpc) is 3.25. The minimum absolute atomic E-state index is 0.0113. The average molecular weight is 321 g/mol. The molecular formula is C18H19N5O. The Morgan fingerprint density at radius 1 is 1.25 bits per heavy atom. The Kier molecular flexibility index (Phi) is 3.74. The predicted molar refractivity (Wildman–Crippen MR) is 93.6 cm³/mol. The second kappa shape index (κ2) is 6.05. The molecule has 0 spiro atoms. The second-order valence-electron chi connectivity index (χ2n) is 6.17. The Bertz CT molecular complexity index is 895. The van der Waals surface area contributed by atoms with Crippen molar-refractivity contribution in [3.8, 4) is 11.1 Å². The van der Waals surface area contributed by atoms with Crippen molar-refractivity contribution >= 4 is 22.5 Å². The number of fused-ring (bicyclic) bond motifs is 1. The summed E-state index contributed by atoms with van der Waals surface area (Å²) in [5.41, 5.74) is 2.16. The van der Waals surface area contributed by atoms with Crippen molar-refractivity contribution in [1.82, 2.24) is 20.1 Å². The van der Waals surface area contributed by atoms with Gasteiger partial charge in [0.25, 0.3) is 0 Å². The Balaban J connectivity index is 1.62. The van der Waals surface area contributed by atoms with E-state index >= 15 is 0 Å². The molecule has 0 bridgehead atoms. The number of carbonyl (C=O) groups is 1. The van der Waals surface area contributed by atoms with Gasteiger partial charge in [-0.05, 0) is 42.5 Å². The number of carbonyl (C=O) groups excluding carboxylic acids is 1. The Morgan fingerprint density at radius 3 is 2.92 bits per heavy atom. The molecule has 1 aliphatic heterocycles. The topological polar surface area (TPSA) is 71.8 Å². The number of aromatic nitrogens is 3. The molecular weight excluding hydrogens is 302 g/mol. The highest BCUT2D eigenvalue weighted by atomic mass is 16.2. The van der Waals surface area contributed by atoms with Gasteiger partial charge in [0.2, 0.25) is 5.91 Å². The SMILES string of the molecule is Cn1cc(-c2ccc3cnc(NC(=O)[C@H]4CCCN4)cc3c2)cn1. The van der Waals surface area contributed by atoms with Crippen LogP contribution >= 0.6 is 0 Å². The van der Waals surface area contributed by atoms with Gasteiger partial charge in [0.15, 0.2) is 0 Å². The molecule has 1 saturated heterocycles. The molecule has 0 saturated carbocycles. The monoisotopic (exact) mass is 321 g/mol. The minimum atomic E-state index is -0.107. The Morgan fingerprint density at radius 2 is 2.17 bits per heavy atom. The molecule has 4 rings (SSSR count). The summed E-state index contributed by atoms with van der Waals surface area (Å²) in [5, 5.41) is 12.4. The zero-order valence-corrected chi connectivity index (χ0v) is 13.5. The number of aryl methyl sites for hydroxylation is 1. The standard InChI is InChI=1S/C18H19N5O/c1-23-11-15(10-21-23)12-4-5-13-9-20-17(8-14(13)7-12)22-18(24)16-3-2-6-19-16/h4-5,7-11,16,19H,2-3,6H2,1H3,(H,20,22,24)/t16-/m1/s1. The summed E-state index contributed by atoms with van der Waals surface area (Å²) in [6, 6.07) is 8.00. The normalized spacial score (nSPS) is 17.3. The van der Waals surface area contributed by atoms with Gasteiger partial charge >= 0.3 is 0 Å². The van der Waals surface area contributed by atoms with Crippen LogP contribution in [0.3, 0.4) is 0 Å². The van der Waals surface area contributed by atoms with Gasteiger partial charge in [-0.3, -0.25) is 9.48 Å². The van der Waals surface area contributed by atoms with Crippen LogP contribution in [0.4, 0.5) is 5.82 Å². The van der Waals surface area contributed by atoms with Crippen molar-refractivity contribution in [3.63, 3.8) is 0 Å². The fourth-order valence-electron chi connectivity index (χ4n) is 3.08. The Labute approximate surface area is 139 Å². The van der Waals surface area contributed by atoms with Crippen molar-refractivity contribution in [2.45, 2.75) is 18.9 Å². The zero-order valence-electron chi connectivity index (χ0n) is 13.5. The van der Waals surface area contributed by atoms with E-state index in [1.54, 1.807) is 10.9 Å². The van der Waals surface area contributed by atoms with Gasteiger partial charge in [-0.2, -0.15) is 5.10 Å². The molecule has 1 aromatic carbocycles. The molecule has 2 N–H and O–H groups in total. The van der Waals surface area contributed by atoms with Crippen LogP contribution in [-0.2, 0) is 11.8 Å². The third kappa shape index (κ3) is 2.88. The van der Waals surface area contributed by atoms with E-state index in [-0.39, 0.29) is 11.9 Å². The second-order valence-corrected chi connectivity index (χ2v) is 6.17. The highest BCUT2D eigenvalue weighted by molar-refractivity contribution is 5.96. The maximum Gasteiger partial charge on any atom is 0.242 e. The predicted octanol–water partition coefficient (Wildman–Crippen LogP) is 2.33. The lowest BCUT2D eigenvalue weighted by atomic mass is 10.1. The van der Waals surface area contributed by atoms with E-state index in [9.17, 15) is 4.79 Å². The van der Waals surface area contributed by atoms with Crippen molar-refractivity contribution in [1.29, 1.82) is 0 Å². The number of pyridine rings is 1. The largest absolute Gasteiger partial charge is 0.309 e. The Hall–Kier alpha value is -2.73. The van der Waals surface area contributed by atoms with Gasteiger partial charge in [0, 0.05) is 30.4 Å². The molecule has 1 amide bonds. The summed E-state index contributed by atoms with van der Waals surface area (Å²) in [6.07, 6.45) is 7.54. The van der Waals surface area contributed by atoms with E-state index < -0.39 is 0 Å². The number of hydrogen-bond acceptors (Lipinski definition) is 4. The molecule has 24 heavy (non-hydrogen) atoms. The molecule has 2 aromatic heterocycles. The molecule has 3 heterocycles. The van der Waals surface area contributed by atoms with E-state index in [4.69, 9.17) is 0 Å². The van der Waals surface area contributed by atoms with Crippen molar-refractivity contribution < 1.29 is 4.79 Å². The first kappa shape index (κ1) is 14.8. The van der Waals surface area contributed by atoms with Gasteiger partial charge in [-0.25, -0.2) is 4.98 Å². The fraction of sp³-hybridized carbons (Fsp3) is 0.278. The quantitative estimate of drug-likeness (QED) is 0.776. The minimum Gasteiger partial charge on any atom is -0.309 e. The highest BCUT2D eigenvalue weighted by Gasteiger charge is 2.22. The lowest BCUT2D eigenvalue weighted by Crippen LogP contribution is -2.35. The number of nitrogens with one attached hydrogen (secondary N) is 2. The van der Waals surface area contributed by atoms with Crippen LogP contribution in [0.15, 0.2) is 42.9 Å². The van der Waals surface area contributed by atoms with Crippen molar-refractivity contribution in [2.75, 3.05) is 11.9 Å². The van der Waals surface area contributed by atoms with E-state index in [0.717, 1.165) is 41.3 Å². The third-order valence-corrected chi connectivity index (χ3v) is 4.39. The van der Waals surface area contributed by atoms with Gasteiger partial charge < -0.3 is 10.6 Å². The molecule has 6 heteroatoms. The van der Waals surface area contributed by atoms with E-state index in [1.165, 1.54) is 0 Å². The van der Waals surface area contributed by atoms with Gasteiger partial charge in [0.05, 0.1) is 12.2 Å². The number of rotatable bonds is 3. The molecule has 6 nitrogen and oxygen atoms in total. The number of nitrogens with zero attached hydrogens (tertiary/aromatic N) is 3. The van der Waals surface area contributed by atoms with Crippen molar-refractivity contribution in [3.05, 3.63) is 42.9 Å². The number of benzene rings is 1. The molecule has 3 aromatic rings. The van der Waals surface area contributed by atoms with Crippen LogP contribution in [0.5, 0.6) is 0 Å². The first-order valence-electron chi connectivity index (χ1n) is 8.12. The molecule has 1 fully saturated rings. The van der Waals surface area contributed by atoms with Crippen LogP contribution < -0.4 is 10.6 Å². The molecule has 0 radical (unpaired) electrons. The van der Waals surface area contributed by atoms with Crippen LogP contribution in [0.25, 0.3) is 21.9 Å². The first-order chi connectivity index (χ1) is 11.7. The lowest BCUT2D eigenvalue weighted by Gasteiger charge is -2.11. The molecule has 0 unspecified atom stereocenters. The van der Waals surface area contributed by atoms with Crippen LogP contribution in [-0.4, -0.2) is 33.3 Å². The molecule has 122 valence electrons. The van der Waals surface area contributed by atoms with Gasteiger partial charge in [0.1, 0.15) is 5.82 Å². The first-order valence-corrected chi connectivity index (χ1v) is 8.12. The highest BCUT2D eigenvalue weighted by Crippen LogP contribution is 2.25. The molecule has 1 atom stereocenters. The van der Waals surface area contributed by atoms with Crippen LogP contribution in [0.1, 0.15) is 12.8 Å². The summed E-state index contributed by atoms with van der Waals surface area (Å²) < 4.78 is 1.78. The van der Waals surface area contributed by atoms with Gasteiger partial charge in [-0.15, -0.1) is 0 Å². The van der Waals surface area contributed by atoms with Gasteiger partial charge in [-0.1, -0.05) is 12.1 Å². The summed E-state index contributed by atoms with van der Waals surface area (Å²) >= 11 is 0. The lowest BCUT2D eigenvalue weighted by molar-refractivity contribution is -0.117. The molecule has 0 aliphatic carbocycles. The van der Waals surface area contributed by atoms with Crippen molar-refractivity contribution in [2.24, 2.45) is 7.05 Å². The van der Waals surface area contributed by atoms with Crippen LogP contribution in [0.2, 0.25) is 0 Å². The summed E-state index contributed by atoms with van der Waals surface area (Å²) in [6.45, 7) is 0.901. The maximum atomic E-state index is 12.2. The van der Waals surface area contributed by atoms with E-state index in [0.29, 0.717) is 5.82 Å². The number of hydrogen-bond donors (Lipinski definition) is 2.